The molecule has 3 heterocycles. The van der Waals surface area contributed by atoms with Crippen molar-refractivity contribution in [2.45, 2.75) is 46.1 Å². The van der Waals surface area contributed by atoms with Crippen molar-refractivity contribution in [3.8, 4) is 5.75 Å². The summed E-state index contributed by atoms with van der Waals surface area (Å²) >= 11 is 0. The highest BCUT2D eigenvalue weighted by Gasteiger charge is 2.30. The van der Waals surface area contributed by atoms with Crippen LogP contribution in [0.2, 0.25) is 0 Å². The van der Waals surface area contributed by atoms with E-state index in [1.807, 2.05) is 13.0 Å². The van der Waals surface area contributed by atoms with Crippen LogP contribution >= 0.6 is 0 Å². The highest BCUT2D eigenvalue weighted by Crippen LogP contribution is 2.25. The maximum atomic E-state index is 12.7. The number of hydrogen-bond donors (Lipinski definition) is 1. The maximum Gasteiger partial charge on any atom is 0.225 e. The van der Waals surface area contributed by atoms with Crippen LogP contribution in [-0.4, -0.2) is 52.0 Å². The third-order valence-electron chi connectivity index (χ3n) is 5.37. The number of amides is 1. The van der Waals surface area contributed by atoms with Crippen LogP contribution < -0.4 is 0 Å². The summed E-state index contributed by atoms with van der Waals surface area (Å²) in [7, 11) is 0. The van der Waals surface area contributed by atoms with Crippen LogP contribution in [0.15, 0.2) is 12.1 Å². The standard InChI is InChI=1S/C19H29N3O2/c1-14-4-3-9-22(12-14)19(24)16-7-10-21(11-8-16)13-17-18(23)6-5-15(2)20-17/h5-6,14,16,23H,3-4,7-13H2,1-2H3. The van der Waals surface area contributed by atoms with Gasteiger partial charge in [-0.05, 0) is 63.7 Å². The number of nitrogens with zero attached hydrogens (tertiary/aromatic N) is 3. The molecule has 2 saturated heterocycles. The zero-order chi connectivity index (χ0) is 17.1. The van der Waals surface area contributed by atoms with Crippen LogP contribution in [0.4, 0.5) is 0 Å². The number of aryl methyl sites for hydroxylation is 1. The largest absolute Gasteiger partial charge is 0.506 e. The monoisotopic (exact) mass is 331 g/mol. The van der Waals surface area contributed by atoms with E-state index in [9.17, 15) is 9.90 Å². The molecule has 1 aromatic rings. The number of aromatic hydroxyl groups is 1. The quantitative estimate of drug-likeness (QED) is 0.925. The minimum Gasteiger partial charge on any atom is -0.506 e. The van der Waals surface area contributed by atoms with Gasteiger partial charge in [-0.3, -0.25) is 14.7 Å². The summed E-state index contributed by atoms with van der Waals surface area (Å²) in [5, 5.41) is 9.95. The van der Waals surface area contributed by atoms with E-state index in [1.54, 1.807) is 6.07 Å². The molecule has 0 bridgehead atoms. The summed E-state index contributed by atoms with van der Waals surface area (Å²) in [4.78, 5) is 21.5. The van der Waals surface area contributed by atoms with Crippen molar-refractivity contribution in [2.24, 2.45) is 11.8 Å². The highest BCUT2D eigenvalue weighted by molar-refractivity contribution is 5.79. The van der Waals surface area contributed by atoms with E-state index in [0.29, 0.717) is 18.4 Å². The lowest BCUT2D eigenvalue weighted by atomic mass is 9.92. The Kier molecular flexibility index (Phi) is 5.39. The Morgan fingerprint density at radius 1 is 1.25 bits per heavy atom. The van der Waals surface area contributed by atoms with Gasteiger partial charge in [0, 0.05) is 31.2 Å². The van der Waals surface area contributed by atoms with Crippen molar-refractivity contribution in [3.05, 3.63) is 23.5 Å². The number of pyridine rings is 1. The van der Waals surface area contributed by atoms with Crippen LogP contribution in [0, 0.1) is 18.8 Å². The van der Waals surface area contributed by atoms with Gasteiger partial charge in [0.25, 0.3) is 0 Å². The van der Waals surface area contributed by atoms with Crippen LogP contribution in [0.3, 0.4) is 0 Å². The van der Waals surface area contributed by atoms with Gasteiger partial charge in [0.15, 0.2) is 0 Å². The van der Waals surface area contributed by atoms with E-state index >= 15 is 0 Å². The van der Waals surface area contributed by atoms with Crippen LogP contribution in [0.25, 0.3) is 0 Å². The van der Waals surface area contributed by atoms with E-state index < -0.39 is 0 Å². The fourth-order valence-corrected chi connectivity index (χ4v) is 3.92. The molecule has 0 radical (unpaired) electrons. The summed E-state index contributed by atoms with van der Waals surface area (Å²) in [6, 6.07) is 3.54. The lowest BCUT2D eigenvalue weighted by Gasteiger charge is -2.37. The van der Waals surface area contributed by atoms with Gasteiger partial charge < -0.3 is 10.0 Å². The number of piperidine rings is 2. The first-order valence-corrected chi connectivity index (χ1v) is 9.19. The van der Waals surface area contributed by atoms with Crippen molar-refractivity contribution in [3.63, 3.8) is 0 Å². The predicted octanol–water partition coefficient (Wildman–Crippen LogP) is 2.57. The average Bonchev–Trinajstić information content (AvgIpc) is 2.58. The topological polar surface area (TPSA) is 56.7 Å². The minimum atomic E-state index is 0.172. The third kappa shape index (κ3) is 4.07. The molecule has 2 aliphatic heterocycles. The van der Waals surface area contributed by atoms with Gasteiger partial charge in [-0.15, -0.1) is 0 Å². The molecule has 5 nitrogen and oxygen atoms in total. The number of rotatable bonds is 3. The summed E-state index contributed by atoms with van der Waals surface area (Å²) in [6.07, 6.45) is 4.21. The molecule has 5 heteroatoms. The van der Waals surface area contributed by atoms with E-state index in [1.165, 1.54) is 6.42 Å². The molecule has 24 heavy (non-hydrogen) atoms. The van der Waals surface area contributed by atoms with Crippen molar-refractivity contribution in [2.75, 3.05) is 26.2 Å². The SMILES string of the molecule is Cc1ccc(O)c(CN2CCC(C(=O)N3CCCC(C)C3)CC2)n1. The first kappa shape index (κ1) is 17.2. The van der Waals surface area contributed by atoms with Gasteiger partial charge >= 0.3 is 0 Å². The van der Waals surface area contributed by atoms with Gasteiger partial charge in [-0.25, -0.2) is 0 Å². The van der Waals surface area contributed by atoms with Crippen LogP contribution in [0.1, 0.15) is 44.0 Å². The molecular formula is C19H29N3O2. The molecule has 3 rings (SSSR count). The fraction of sp³-hybridized carbons (Fsp3) is 0.684. The molecule has 0 aromatic carbocycles. The molecule has 1 N–H and O–H groups in total. The summed E-state index contributed by atoms with van der Waals surface area (Å²) in [5.41, 5.74) is 1.66. The second kappa shape index (κ2) is 7.51. The molecule has 0 saturated carbocycles. The van der Waals surface area contributed by atoms with Crippen molar-refractivity contribution < 1.29 is 9.90 Å². The molecule has 1 amide bonds. The number of hydrogen-bond acceptors (Lipinski definition) is 4. The Morgan fingerprint density at radius 3 is 2.71 bits per heavy atom. The van der Waals surface area contributed by atoms with Gasteiger partial charge in [-0.2, -0.15) is 0 Å². The smallest absolute Gasteiger partial charge is 0.225 e. The first-order chi connectivity index (χ1) is 11.5. The number of likely N-dealkylation sites (tertiary alicyclic amines) is 2. The predicted molar refractivity (Wildman–Crippen MR) is 93.6 cm³/mol. The Morgan fingerprint density at radius 2 is 2.00 bits per heavy atom. The molecule has 0 spiro atoms. The molecule has 2 fully saturated rings. The number of carbonyl (C=O) groups excluding carboxylic acids is 1. The van der Waals surface area contributed by atoms with Crippen molar-refractivity contribution in [1.29, 1.82) is 0 Å². The molecule has 1 unspecified atom stereocenters. The van der Waals surface area contributed by atoms with E-state index in [4.69, 9.17) is 0 Å². The van der Waals surface area contributed by atoms with Gasteiger partial charge in [0.1, 0.15) is 5.75 Å². The van der Waals surface area contributed by atoms with E-state index in [0.717, 1.165) is 56.8 Å². The van der Waals surface area contributed by atoms with E-state index in [-0.39, 0.29) is 11.7 Å². The summed E-state index contributed by atoms with van der Waals surface area (Å²) < 4.78 is 0. The Hall–Kier alpha value is -1.62. The first-order valence-electron chi connectivity index (χ1n) is 9.19. The molecule has 2 aliphatic rings. The second-order valence-electron chi connectivity index (χ2n) is 7.50. The zero-order valence-electron chi connectivity index (χ0n) is 14.9. The molecule has 132 valence electrons. The number of aromatic nitrogens is 1. The van der Waals surface area contributed by atoms with Gasteiger partial charge in [0.05, 0.1) is 5.69 Å². The zero-order valence-corrected chi connectivity index (χ0v) is 14.9. The highest BCUT2D eigenvalue weighted by atomic mass is 16.3. The maximum absolute atomic E-state index is 12.7. The summed E-state index contributed by atoms with van der Waals surface area (Å²) in [6.45, 7) is 8.50. The third-order valence-corrected chi connectivity index (χ3v) is 5.37. The normalized spacial score (nSPS) is 23.4. The summed E-state index contributed by atoms with van der Waals surface area (Å²) in [5.74, 6) is 1.43. The van der Waals surface area contributed by atoms with Gasteiger partial charge in [0.2, 0.25) is 5.91 Å². The Bertz CT molecular complexity index is 582. The number of carbonyl (C=O) groups is 1. The molecule has 1 atom stereocenters. The van der Waals surface area contributed by atoms with Crippen molar-refractivity contribution >= 4 is 5.91 Å². The fourth-order valence-electron chi connectivity index (χ4n) is 3.92. The second-order valence-corrected chi connectivity index (χ2v) is 7.50. The molecule has 0 aliphatic carbocycles. The van der Waals surface area contributed by atoms with Crippen LogP contribution in [-0.2, 0) is 11.3 Å². The van der Waals surface area contributed by atoms with E-state index in [2.05, 4.69) is 21.7 Å². The van der Waals surface area contributed by atoms with Crippen LogP contribution in [0.5, 0.6) is 5.75 Å². The van der Waals surface area contributed by atoms with Gasteiger partial charge in [-0.1, -0.05) is 6.92 Å². The minimum absolute atomic E-state index is 0.172. The average molecular weight is 331 g/mol. The lowest BCUT2D eigenvalue weighted by molar-refractivity contribution is -0.138. The lowest BCUT2D eigenvalue weighted by Crippen LogP contribution is -2.45. The Balaban J connectivity index is 1.52. The molecule has 1 aromatic heterocycles. The molecular weight excluding hydrogens is 302 g/mol. The van der Waals surface area contributed by atoms with Crippen molar-refractivity contribution in [1.82, 2.24) is 14.8 Å². The Labute approximate surface area is 144 Å².